The van der Waals surface area contributed by atoms with Crippen molar-refractivity contribution in [3.05, 3.63) is 29.3 Å². The third kappa shape index (κ3) is 3.83. The fourth-order valence-electron chi connectivity index (χ4n) is 1.89. The van der Waals surface area contributed by atoms with E-state index in [9.17, 15) is 8.42 Å². The molecule has 0 aliphatic carbocycles. The Bertz CT molecular complexity index is 588. The second-order valence-corrected chi connectivity index (χ2v) is 6.55. The van der Waals surface area contributed by atoms with Crippen molar-refractivity contribution in [1.82, 2.24) is 9.62 Å². The number of nitrogens with one attached hydrogen (secondary N) is 1. The van der Waals surface area contributed by atoms with E-state index in [1.807, 2.05) is 26.0 Å². The first-order valence-corrected chi connectivity index (χ1v) is 8.13. The summed E-state index contributed by atoms with van der Waals surface area (Å²) >= 11 is 0. The van der Waals surface area contributed by atoms with Gasteiger partial charge in [0.25, 0.3) is 0 Å². The molecule has 0 fully saturated rings. The standard InChI is InChI=1S/C15H22N2O2S/c1-5-10-17(4)20(18,19)15-11-13(12-16-7-3)8-9-14(15)6-2/h1,8-9,11,16H,6-7,10,12H2,2-4H3. The lowest BCUT2D eigenvalue weighted by Gasteiger charge is -2.18. The summed E-state index contributed by atoms with van der Waals surface area (Å²) in [6.07, 6.45) is 5.87. The molecule has 5 heteroatoms. The lowest BCUT2D eigenvalue weighted by Crippen LogP contribution is -2.28. The molecule has 0 aromatic heterocycles. The summed E-state index contributed by atoms with van der Waals surface area (Å²) in [5.74, 6) is 2.36. The number of rotatable bonds is 7. The van der Waals surface area contributed by atoms with E-state index >= 15 is 0 Å². The predicted octanol–water partition coefficient (Wildman–Crippen LogP) is 1.61. The number of aryl methyl sites for hydroxylation is 1. The van der Waals surface area contributed by atoms with E-state index < -0.39 is 10.0 Å². The van der Waals surface area contributed by atoms with Crippen LogP contribution in [0.5, 0.6) is 0 Å². The Kier molecular flexibility index (Phi) is 6.21. The monoisotopic (exact) mass is 294 g/mol. The fraction of sp³-hybridized carbons (Fsp3) is 0.467. The van der Waals surface area contributed by atoms with Crippen molar-refractivity contribution in [2.45, 2.75) is 31.7 Å². The molecule has 20 heavy (non-hydrogen) atoms. The summed E-state index contributed by atoms with van der Waals surface area (Å²) in [4.78, 5) is 0.355. The van der Waals surface area contributed by atoms with Gasteiger partial charge in [0.2, 0.25) is 10.0 Å². The van der Waals surface area contributed by atoms with E-state index in [0.29, 0.717) is 17.9 Å². The summed E-state index contributed by atoms with van der Waals surface area (Å²) in [7, 11) is -2.02. The molecule has 0 aliphatic heterocycles. The molecule has 110 valence electrons. The zero-order valence-corrected chi connectivity index (χ0v) is 13.1. The molecular weight excluding hydrogens is 272 g/mol. The van der Waals surface area contributed by atoms with Gasteiger partial charge in [0.05, 0.1) is 11.4 Å². The van der Waals surface area contributed by atoms with Crippen LogP contribution in [0, 0.1) is 12.3 Å². The maximum Gasteiger partial charge on any atom is 0.243 e. The van der Waals surface area contributed by atoms with E-state index in [0.717, 1.165) is 17.7 Å². The lowest BCUT2D eigenvalue weighted by atomic mass is 10.1. The van der Waals surface area contributed by atoms with Gasteiger partial charge in [-0.15, -0.1) is 6.42 Å². The third-order valence-electron chi connectivity index (χ3n) is 3.09. The average molecular weight is 294 g/mol. The Morgan fingerprint density at radius 3 is 2.60 bits per heavy atom. The van der Waals surface area contributed by atoms with Crippen molar-refractivity contribution >= 4 is 10.0 Å². The van der Waals surface area contributed by atoms with E-state index in [1.54, 1.807) is 6.07 Å². The van der Waals surface area contributed by atoms with Gasteiger partial charge in [0.15, 0.2) is 0 Å². The summed E-state index contributed by atoms with van der Waals surface area (Å²) in [6, 6.07) is 5.58. The van der Waals surface area contributed by atoms with Gasteiger partial charge in [-0.25, -0.2) is 8.42 Å². The first-order valence-electron chi connectivity index (χ1n) is 6.69. The zero-order chi connectivity index (χ0) is 15.2. The Labute approximate surface area is 122 Å². The van der Waals surface area contributed by atoms with Crippen molar-refractivity contribution in [1.29, 1.82) is 0 Å². The maximum atomic E-state index is 12.5. The highest BCUT2D eigenvalue weighted by atomic mass is 32.2. The summed E-state index contributed by atoms with van der Waals surface area (Å²) in [5, 5.41) is 3.19. The second kappa shape index (κ2) is 7.44. The Morgan fingerprint density at radius 1 is 1.35 bits per heavy atom. The minimum atomic E-state index is -3.53. The largest absolute Gasteiger partial charge is 0.313 e. The molecule has 0 saturated heterocycles. The zero-order valence-electron chi connectivity index (χ0n) is 12.3. The molecular formula is C15H22N2O2S. The second-order valence-electron chi connectivity index (χ2n) is 4.54. The van der Waals surface area contributed by atoms with Gasteiger partial charge in [0, 0.05) is 13.6 Å². The highest BCUT2D eigenvalue weighted by molar-refractivity contribution is 7.89. The van der Waals surface area contributed by atoms with Crippen molar-refractivity contribution in [3.8, 4) is 12.3 Å². The predicted molar refractivity (Wildman–Crippen MR) is 81.8 cm³/mol. The van der Waals surface area contributed by atoms with Gasteiger partial charge in [-0.05, 0) is 30.2 Å². The van der Waals surface area contributed by atoms with Crippen molar-refractivity contribution < 1.29 is 8.42 Å². The lowest BCUT2D eigenvalue weighted by molar-refractivity contribution is 0.502. The molecule has 1 rings (SSSR count). The average Bonchev–Trinajstić information content (AvgIpc) is 2.45. The Morgan fingerprint density at radius 2 is 2.05 bits per heavy atom. The van der Waals surface area contributed by atoms with Gasteiger partial charge in [-0.1, -0.05) is 31.9 Å². The molecule has 1 aromatic rings. The highest BCUT2D eigenvalue weighted by Gasteiger charge is 2.23. The van der Waals surface area contributed by atoms with Crippen LogP contribution in [0.1, 0.15) is 25.0 Å². The molecule has 4 nitrogen and oxygen atoms in total. The van der Waals surface area contributed by atoms with E-state index in [4.69, 9.17) is 6.42 Å². The van der Waals surface area contributed by atoms with Gasteiger partial charge in [-0.3, -0.25) is 0 Å². The molecule has 0 unspecified atom stereocenters. The molecule has 1 aromatic carbocycles. The van der Waals surface area contributed by atoms with Crippen LogP contribution in [-0.2, 0) is 23.0 Å². The molecule has 0 heterocycles. The quantitative estimate of drug-likeness (QED) is 0.777. The van der Waals surface area contributed by atoms with E-state index in [-0.39, 0.29) is 6.54 Å². The molecule has 0 spiro atoms. The fourth-order valence-corrected chi connectivity index (χ4v) is 3.32. The molecule has 0 atom stereocenters. The molecule has 0 amide bonds. The number of sulfonamides is 1. The smallest absolute Gasteiger partial charge is 0.243 e. The topological polar surface area (TPSA) is 49.4 Å². The maximum absolute atomic E-state index is 12.5. The molecule has 0 saturated carbocycles. The highest BCUT2D eigenvalue weighted by Crippen LogP contribution is 2.21. The number of nitrogens with zero attached hydrogens (tertiary/aromatic N) is 1. The van der Waals surface area contributed by atoms with E-state index in [2.05, 4.69) is 11.2 Å². The van der Waals surface area contributed by atoms with Crippen LogP contribution in [0.4, 0.5) is 0 Å². The van der Waals surface area contributed by atoms with Crippen LogP contribution in [-0.4, -0.2) is 32.9 Å². The number of hydrogen-bond acceptors (Lipinski definition) is 3. The van der Waals surface area contributed by atoms with Crippen molar-refractivity contribution in [2.75, 3.05) is 20.1 Å². The van der Waals surface area contributed by atoms with Gasteiger partial charge in [0.1, 0.15) is 0 Å². The minimum absolute atomic E-state index is 0.0723. The van der Waals surface area contributed by atoms with Crippen LogP contribution in [0.2, 0.25) is 0 Å². The summed E-state index contributed by atoms with van der Waals surface area (Å²) in [5.41, 5.74) is 1.77. The Balaban J connectivity index is 3.23. The number of terminal acetylenes is 1. The SMILES string of the molecule is C#CCN(C)S(=O)(=O)c1cc(CNCC)ccc1CC. The van der Waals surface area contributed by atoms with Crippen molar-refractivity contribution in [3.63, 3.8) is 0 Å². The molecule has 0 radical (unpaired) electrons. The van der Waals surface area contributed by atoms with Crippen LogP contribution in [0.15, 0.2) is 23.1 Å². The molecule has 0 bridgehead atoms. The Hall–Kier alpha value is -1.35. The minimum Gasteiger partial charge on any atom is -0.313 e. The molecule has 1 N–H and O–H groups in total. The summed E-state index contributed by atoms with van der Waals surface area (Å²) in [6.45, 7) is 5.53. The van der Waals surface area contributed by atoms with Crippen LogP contribution in [0.3, 0.4) is 0 Å². The summed E-state index contributed by atoms with van der Waals surface area (Å²) < 4.78 is 26.3. The first-order chi connectivity index (χ1) is 9.47. The van der Waals surface area contributed by atoms with Gasteiger partial charge >= 0.3 is 0 Å². The van der Waals surface area contributed by atoms with Crippen LogP contribution >= 0.6 is 0 Å². The normalized spacial score (nSPS) is 11.6. The van der Waals surface area contributed by atoms with Gasteiger partial charge in [-0.2, -0.15) is 4.31 Å². The third-order valence-corrected chi connectivity index (χ3v) is 4.98. The van der Waals surface area contributed by atoms with E-state index in [1.165, 1.54) is 11.4 Å². The molecule has 0 aliphatic rings. The first kappa shape index (κ1) is 16.7. The van der Waals surface area contributed by atoms with Crippen LogP contribution < -0.4 is 5.32 Å². The van der Waals surface area contributed by atoms with Gasteiger partial charge < -0.3 is 5.32 Å². The van der Waals surface area contributed by atoms with Crippen LogP contribution in [0.25, 0.3) is 0 Å². The number of hydrogen-bond donors (Lipinski definition) is 1. The number of benzene rings is 1. The van der Waals surface area contributed by atoms with Crippen molar-refractivity contribution in [2.24, 2.45) is 0 Å².